The van der Waals surface area contributed by atoms with Gasteiger partial charge in [0, 0.05) is 41.3 Å². The standard InChI is InChI=1S/C21H23ClN2O4/c1-27-18-11-15(12-19(13-18)28-2)21(26)24-8-6-17(7-9-24)23-20(25)14-4-3-5-16(22)10-14/h3-5,10-13,17H,6-9H2,1-2H3,(H,23,25). The summed E-state index contributed by atoms with van der Waals surface area (Å²) in [5, 5.41) is 3.55. The summed E-state index contributed by atoms with van der Waals surface area (Å²) in [7, 11) is 3.11. The largest absolute Gasteiger partial charge is 0.497 e. The molecule has 1 N–H and O–H groups in total. The van der Waals surface area contributed by atoms with Crippen LogP contribution in [0.4, 0.5) is 0 Å². The van der Waals surface area contributed by atoms with Gasteiger partial charge in [-0.25, -0.2) is 0 Å². The maximum atomic E-state index is 12.8. The number of rotatable bonds is 5. The van der Waals surface area contributed by atoms with E-state index in [2.05, 4.69) is 5.32 Å². The van der Waals surface area contributed by atoms with Gasteiger partial charge in [0.15, 0.2) is 0 Å². The monoisotopic (exact) mass is 402 g/mol. The van der Waals surface area contributed by atoms with E-state index in [4.69, 9.17) is 21.1 Å². The van der Waals surface area contributed by atoms with E-state index in [-0.39, 0.29) is 17.9 Å². The molecule has 3 rings (SSSR count). The zero-order valence-corrected chi connectivity index (χ0v) is 16.7. The average molecular weight is 403 g/mol. The quantitative estimate of drug-likeness (QED) is 0.832. The third-order valence-electron chi connectivity index (χ3n) is 4.80. The van der Waals surface area contributed by atoms with E-state index >= 15 is 0 Å². The predicted molar refractivity (Wildman–Crippen MR) is 107 cm³/mol. The highest BCUT2D eigenvalue weighted by Crippen LogP contribution is 2.24. The zero-order valence-electron chi connectivity index (χ0n) is 15.9. The Kier molecular flexibility index (Phi) is 6.41. The molecule has 6 nitrogen and oxygen atoms in total. The van der Waals surface area contributed by atoms with Gasteiger partial charge in [-0.3, -0.25) is 9.59 Å². The topological polar surface area (TPSA) is 67.9 Å². The van der Waals surface area contributed by atoms with Crippen LogP contribution in [-0.4, -0.2) is 50.1 Å². The van der Waals surface area contributed by atoms with Crippen molar-refractivity contribution in [3.8, 4) is 11.5 Å². The first-order valence-electron chi connectivity index (χ1n) is 9.09. The molecule has 1 fully saturated rings. The second kappa shape index (κ2) is 8.97. The van der Waals surface area contributed by atoms with Crippen LogP contribution in [0, 0.1) is 0 Å². The van der Waals surface area contributed by atoms with Crippen LogP contribution in [0.15, 0.2) is 42.5 Å². The molecule has 1 aliphatic rings. The second-order valence-corrected chi connectivity index (χ2v) is 7.09. The van der Waals surface area contributed by atoms with Crippen molar-refractivity contribution in [1.29, 1.82) is 0 Å². The summed E-state index contributed by atoms with van der Waals surface area (Å²) in [6, 6.07) is 12.0. The predicted octanol–water partition coefficient (Wildman–Crippen LogP) is 3.39. The average Bonchev–Trinajstić information content (AvgIpc) is 2.73. The Hall–Kier alpha value is -2.73. The number of halogens is 1. The molecule has 0 saturated carbocycles. The van der Waals surface area contributed by atoms with Gasteiger partial charge in [0.2, 0.25) is 0 Å². The highest BCUT2D eigenvalue weighted by molar-refractivity contribution is 6.30. The molecule has 148 valence electrons. The van der Waals surface area contributed by atoms with E-state index < -0.39 is 0 Å². The number of ether oxygens (including phenoxy) is 2. The number of likely N-dealkylation sites (tertiary alicyclic amines) is 1. The number of benzene rings is 2. The van der Waals surface area contributed by atoms with Crippen molar-refractivity contribution in [3.05, 3.63) is 58.6 Å². The number of piperidine rings is 1. The van der Waals surface area contributed by atoms with Crippen LogP contribution in [0.2, 0.25) is 5.02 Å². The minimum atomic E-state index is -0.148. The SMILES string of the molecule is COc1cc(OC)cc(C(=O)N2CCC(NC(=O)c3cccc(Cl)c3)CC2)c1. The molecule has 2 aromatic carbocycles. The van der Waals surface area contributed by atoms with Gasteiger partial charge in [-0.05, 0) is 43.2 Å². The van der Waals surface area contributed by atoms with Gasteiger partial charge in [-0.15, -0.1) is 0 Å². The molecular formula is C21H23ClN2O4. The molecule has 2 aromatic rings. The molecule has 0 aromatic heterocycles. The van der Waals surface area contributed by atoms with E-state index in [1.54, 1.807) is 61.6 Å². The molecule has 0 atom stereocenters. The summed E-state index contributed by atoms with van der Waals surface area (Å²) in [6.45, 7) is 1.14. The van der Waals surface area contributed by atoms with Gasteiger partial charge in [0.1, 0.15) is 11.5 Å². The summed E-state index contributed by atoms with van der Waals surface area (Å²) in [5.74, 6) is 0.930. The Morgan fingerprint density at radius 1 is 1.00 bits per heavy atom. The third-order valence-corrected chi connectivity index (χ3v) is 5.04. The van der Waals surface area contributed by atoms with Crippen molar-refractivity contribution in [2.75, 3.05) is 27.3 Å². The summed E-state index contributed by atoms with van der Waals surface area (Å²) in [6.07, 6.45) is 1.39. The van der Waals surface area contributed by atoms with Crippen molar-refractivity contribution >= 4 is 23.4 Å². The zero-order chi connectivity index (χ0) is 20.1. The first-order chi connectivity index (χ1) is 13.5. The van der Waals surface area contributed by atoms with E-state index in [0.29, 0.717) is 53.6 Å². The second-order valence-electron chi connectivity index (χ2n) is 6.65. The normalized spacial score (nSPS) is 14.5. The Morgan fingerprint density at radius 3 is 2.21 bits per heavy atom. The fourth-order valence-electron chi connectivity index (χ4n) is 3.24. The maximum absolute atomic E-state index is 12.8. The molecule has 0 spiro atoms. The van der Waals surface area contributed by atoms with Crippen molar-refractivity contribution in [3.63, 3.8) is 0 Å². The van der Waals surface area contributed by atoms with Gasteiger partial charge >= 0.3 is 0 Å². The molecule has 1 aliphatic heterocycles. The van der Waals surface area contributed by atoms with Gasteiger partial charge in [0.25, 0.3) is 11.8 Å². The minimum Gasteiger partial charge on any atom is -0.497 e. The van der Waals surface area contributed by atoms with Crippen LogP contribution < -0.4 is 14.8 Å². The molecular weight excluding hydrogens is 380 g/mol. The molecule has 0 unspecified atom stereocenters. The van der Waals surface area contributed by atoms with Gasteiger partial charge < -0.3 is 19.7 Å². The lowest BCUT2D eigenvalue weighted by Gasteiger charge is -2.32. The Labute approximate surface area is 169 Å². The lowest BCUT2D eigenvalue weighted by atomic mass is 10.0. The van der Waals surface area contributed by atoms with Gasteiger partial charge in [0.05, 0.1) is 14.2 Å². The van der Waals surface area contributed by atoms with E-state index in [1.807, 2.05) is 0 Å². The van der Waals surface area contributed by atoms with Crippen LogP contribution >= 0.6 is 11.6 Å². The lowest BCUT2D eigenvalue weighted by molar-refractivity contribution is 0.0697. The molecule has 1 heterocycles. The van der Waals surface area contributed by atoms with Gasteiger partial charge in [-0.1, -0.05) is 17.7 Å². The summed E-state index contributed by atoms with van der Waals surface area (Å²) in [4.78, 5) is 27.0. The number of hydrogen-bond donors (Lipinski definition) is 1. The number of carbonyl (C=O) groups is 2. The van der Waals surface area contributed by atoms with Crippen molar-refractivity contribution in [2.45, 2.75) is 18.9 Å². The molecule has 0 bridgehead atoms. The summed E-state index contributed by atoms with van der Waals surface area (Å²) in [5.41, 5.74) is 1.06. The van der Waals surface area contributed by atoms with Crippen molar-refractivity contribution in [1.82, 2.24) is 10.2 Å². The molecule has 7 heteroatoms. The fraction of sp³-hybridized carbons (Fsp3) is 0.333. The number of amides is 2. The van der Waals surface area contributed by atoms with Crippen LogP contribution in [0.5, 0.6) is 11.5 Å². The maximum Gasteiger partial charge on any atom is 0.254 e. The van der Waals surface area contributed by atoms with Crippen LogP contribution in [0.3, 0.4) is 0 Å². The first-order valence-corrected chi connectivity index (χ1v) is 9.46. The van der Waals surface area contributed by atoms with Crippen molar-refractivity contribution in [2.24, 2.45) is 0 Å². The number of nitrogens with one attached hydrogen (secondary N) is 1. The number of carbonyl (C=O) groups excluding carboxylic acids is 2. The van der Waals surface area contributed by atoms with Crippen LogP contribution in [0.25, 0.3) is 0 Å². The Balaban J connectivity index is 1.59. The number of hydrogen-bond acceptors (Lipinski definition) is 4. The summed E-state index contributed by atoms with van der Waals surface area (Å²) >= 11 is 5.95. The first kappa shape index (κ1) is 20.0. The fourth-order valence-corrected chi connectivity index (χ4v) is 3.43. The van der Waals surface area contributed by atoms with Gasteiger partial charge in [-0.2, -0.15) is 0 Å². The number of methoxy groups -OCH3 is 2. The Morgan fingerprint density at radius 2 is 1.64 bits per heavy atom. The van der Waals surface area contributed by atoms with Crippen LogP contribution in [0.1, 0.15) is 33.6 Å². The van der Waals surface area contributed by atoms with E-state index in [0.717, 1.165) is 0 Å². The third kappa shape index (κ3) is 4.75. The smallest absolute Gasteiger partial charge is 0.254 e. The molecule has 2 amide bonds. The molecule has 28 heavy (non-hydrogen) atoms. The Bertz CT molecular complexity index is 841. The molecule has 0 aliphatic carbocycles. The molecule has 1 saturated heterocycles. The molecule has 0 radical (unpaired) electrons. The number of nitrogens with zero attached hydrogens (tertiary/aromatic N) is 1. The minimum absolute atomic E-state index is 0.0235. The highest BCUT2D eigenvalue weighted by atomic mass is 35.5. The lowest BCUT2D eigenvalue weighted by Crippen LogP contribution is -2.46. The van der Waals surface area contributed by atoms with E-state index in [9.17, 15) is 9.59 Å². The highest BCUT2D eigenvalue weighted by Gasteiger charge is 2.25. The van der Waals surface area contributed by atoms with E-state index in [1.165, 1.54) is 0 Å². The van der Waals surface area contributed by atoms with Crippen molar-refractivity contribution < 1.29 is 19.1 Å². The van der Waals surface area contributed by atoms with Crippen LogP contribution in [-0.2, 0) is 0 Å². The summed E-state index contributed by atoms with van der Waals surface area (Å²) < 4.78 is 10.5.